The molecule has 2 atom stereocenters. The first-order valence-corrected chi connectivity index (χ1v) is 10.4. The van der Waals surface area contributed by atoms with Crippen molar-refractivity contribution >= 4 is 29.9 Å². The second kappa shape index (κ2) is 12.7. The van der Waals surface area contributed by atoms with E-state index in [0.29, 0.717) is 12.0 Å². The number of likely N-dealkylation sites (tertiary alicyclic amines) is 1. The van der Waals surface area contributed by atoms with E-state index in [1.165, 1.54) is 18.4 Å². The molecular formula is C23H34IN5O. The van der Waals surface area contributed by atoms with E-state index in [2.05, 4.69) is 62.9 Å². The Hall–Kier alpha value is -1.87. The molecule has 30 heavy (non-hydrogen) atoms. The van der Waals surface area contributed by atoms with Crippen LogP contribution >= 0.6 is 24.0 Å². The molecule has 0 bridgehead atoms. The van der Waals surface area contributed by atoms with E-state index < -0.39 is 0 Å². The molecule has 2 aromatic rings. The number of hydrogen-bond acceptors (Lipinski definition) is 4. The van der Waals surface area contributed by atoms with Crippen LogP contribution in [0.4, 0.5) is 0 Å². The predicted octanol–water partition coefficient (Wildman–Crippen LogP) is 3.50. The molecule has 1 saturated heterocycles. The molecule has 6 nitrogen and oxygen atoms in total. The molecule has 2 heterocycles. The first kappa shape index (κ1) is 24.4. The second-order valence-corrected chi connectivity index (χ2v) is 7.55. The van der Waals surface area contributed by atoms with Crippen molar-refractivity contribution in [3.8, 4) is 5.75 Å². The maximum atomic E-state index is 5.32. The predicted molar refractivity (Wildman–Crippen MR) is 134 cm³/mol. The maximum absolute atomic E-state index is 5.32. The minimum Gasteiger partial charge on any atom is -0.497 e. The van der Waals surface area contributed by atoms with Gasteiger partial charge in [-0.1, -0.05) is 18.2 Å². The number of ether oxygens (including phenoxy) is 1. The summed E-state index contributed by atoms with van der Waals surface area (Å²) in [5.74, 6) is 2.28. The van der Waals surface area contributed by atoms with E-state index in [0.717, 1.165) is 43.5 Å². The van der Waals surface area contributed by atoms with Crippen molar-refractivity contribution in [1.82, 2.24) is 20.5 Å². The molecule has 0 amide bonds. The number of guanidine groups is 1. The highest BCUT2D eigenvalue weighted by atomic mass is 127. The Kier molecular flexibility index (Phi) is 10.4. The number of nitrogens with one attached hydrogen (secondary N) is 2. The Morgan fingerprint density at radius 1 is 1.20 bits per heavy atom. The van der Waals surface area contributed by atoms with Crippen LogP contribution in [0, 0.1) is 5.92 Å². The van der Waals surface area contributed by atoms with Gasteiger partial charge in [0.25, 0.3) is 0 Å². The molecule has 164 valence electrons. The second-order valence-electron chi connectivity index (χ2n) is 7.55. The summed E-state index contributed by atoms with van der Waals surface area (Å²) in [6.07, 6.45) is 5.14. The molecule has 0 aliphatic carbocycles. The van der Waals surface area contributed by atoms with Crippen molar-refractivity contribution in [2.45, 2.75) is 25.3 Å². The molecule has 1 aliphatic heterocycles. The van der Waals surface area contributed by atoms with Gasteiger partial charge in [-0.3, -0.25) is 14.9 Å². The summed E-state index contributed by atoms with van der Waals surface area (Å²) < 4.78 is 5.32. The Morgan fingerprint density at radius 2 is 2.00 bits per heavy atom. The average molecular weight is 523 g/mol. The minimum absolute atomic E-state index is 0. The van der Waals surface area contributed by atoms with Crippen molar-refractivity contribution < 1.29 is 4.74 Å². The van der Waals surface area contributed by atoms with Gasteiger partial charge in [0.05, 0.1) is 7.11 Å². The van der Waals surface area contributed by atoms with Crippen LogP contribution < -0.4 is 15.4 Å². The molecule has 1 aliphatic rings. The zero-order valence-electron chi connectivity index (χ0n) is 18.2. The van der Waals surface area contributed by atoms with Crippen LogP contribution in [0.15, 0.2) is 53.7 Å². The van der Waals surface area contributed by atoms with Crippen molar-refractivity contribution in [3.63, 3.8) is 0 Å². The van der Waals surface area contributed by atoms with Crippen LogP contribution in [0.3, 0.4) is 0 Å². The third-order valence-electron chi connectivity index (χ3n) is 5.62. The van der Waals surface area contributed by atoms with E-state index in [4.69, 9.17) is 4.74 Å². The van der Waals surface area contributed by atoms with Gasteiger partial charge in [-0.15, -0.1) is 24.0 Å². The normalized spacial score (nSPS) is 19.6. The monoisotopic (exact) mass is 523 g/mol. The molecule has 1 fully saturated rings. The highest BCUT2D eigenvalue weighted by Gasteiger charge is 2.30. The number of aliphatic imine (C=N–C) groups is 1. The third-order valence-corrected chi connectivity index (χ3v) is 5.62. The number of piperidine rings is 1. The molecule has 1 aromatic heterocycles. The number of rotatable bonds is 7. The lowest BCUT2D eigenvalue weighted by molar-refractivity contribution is 0.122. The van der Waals surface area contributed by atoms with Gasteiger partial charge >= 0.3 is 0 Å². The van der Waals surface area contributed by atoms with Gasteiger partial charge in [0.2, 0.25) is 0 Å². The summed E-state index contributed by atoms with van der Waals surface area (Å²) in [4.78, 5) is 11.2. The highest BCUT2D eigenvalue weighted by molar-refractivity contribution is 14.0. The van der Waals surface area contributed by atoms with E-state index >= 15 is 0 Å². The van der Waals surface area contributed by atoms with E-state index in [1.807, 2.05) is 25.4 Å². The SMILES string of the molecule is CN=C(NCCc1ccccn1)NCC1CCCN(C)C1c1ccc(OC)cc1.I. The van der Waals surface area contributed by atoms with Gasteiger partial charge in [0.1, 0.15) is 5.75 Å². The maximum Gasteiger partial charge on any atom is 0.190 e. The van der Waals surface area contributed by atoms with E-state index in [-0.39, 0.29) is 24.0 Å². The fourth-order valence-electron chi connectivity index (χ4n) is 4.10. The average Bonchev–Trinajstić information content (AvgIpc) is 2.77. The fraction of sp³-hybridized carbons (Fsp3) is 0.478. The largest absolute Gasteiger partial charge is 0.497 e. The number of aromatic nitrogens is 1. The molecule has 0 radical (unpaired) electrons. The van der Waals surface area contributed by atoms with Gasteiger partial charge in [0.15, 0.2) is 5.96 Å². The van der Waals surface area contributed by atoms with Crippen LogP contribution in [0.1, 0.15) is 30.1 Å². The van der Waals surface area contributed by atoms with Crippen LogP contribution in [0.2, 0.25) is 0 Å². The Labute approximate surface area is 197 Å². The lowest BCUT2D eigenvalue weighted by atomic mass is 9.85. The smallest absolute Gasteiger partial charge is 0.190 e. The van der Waals surface area contributed by atoms with E-state index in [9.17, 15) is 0 Å². The Balaban J connectivity index is 0.00000320. The van der Waals surface area contributed by atoms with Gasteiger partial charge in [-0.25, -0.2) is 0 Å². The number of pyridine rings is 1. The number of nitrogens with zero attached hydrogens (tertiary/aromatic N) is 3. The van der Waals surface area contributed by atoms with Crippen molar-refractivity contribution in [2.24, 2.45) is 10.9 Å². The molecule has 0 saturated carbocycles. The summed E-state index contributed by atoms with van der Waals surface area (Å²) in [7, 11) is 5.76. The third kappa shape index (κ3) is 6.84. The molecule has 1 aromatic carbocycles. The molecule has 2 unspecified atom stereocenters. The first-order valence-electron chi connectivity index (χ1n) is 10.4. The Morgan fingerprint density at radius 3 is 2.67 bits per heavy atom. The number of halogens is 1. The molecule has 7 heteroatoms. The van der Waals surface area contributed by atoms with Gasteiger partial charge in [-0.2, -0.15) is 0 Å². The lowest BCUT2D eigenvalue weighted by Gasteiger charge is -2.40. The molecule has 0 spiro atoms. The van der Waals surface area contributed by atoms with Crippen molar-refractivity contribution in [3.05, 3.63) is 59.9 Å². The lowest BCUT2D eigenvalue weighted by Crippen LogP contribution is -2.45. The zero-order valence-corrected chi connectivity index (χ0v) is 20.5. The fourth-order valence-corrected chi connectivity index (χ4v) is 4.10. The van der Waals surface area contributed by atoms with Crippen LogP contribution in [0.25, 0.3) is 0 Å². The first-order chi connectivity index (χ1) is 14.2. The number of benzene rings is 1. The quantitative estimate of drug-likeness (QED) is 0.331. The van der Waals surface area contributed by atoms with Crippen LogP contribution in [-0.4, -0.2) is 56.7 Å². The minimum atomic E-state index is 0. The Bertz CT molecular complexity index is 769. The van der Waals surface area contributed by atoms with Crippen molar-refractivity contribution in [1.29, 1.82) is 0 Å². The van der Waals surface area contributed by atoms with Crippen molar-refractivity contribution in [2.75, 3.05) is 40.8 Å². The summed E-state index contributed by atoms with van der Waals surface area (Å²) in [6, 6.07) is 14.9. The standard InChI is InChI=1S/C23H33N5O.HI/c1-24-23(26-15-13-20-8-4-5-14-25-20)27-17-19-7-6-16-28(2)22(19)18-9-11-21(29-3)12-10-18;/h4-5,8-12,14,19,22H,6-7,13,15-17H2,1-3H3,(H2,24,26,27);1H. The summed E-state index contributed by atoms with van der Waals surface area (Å²) >= 11 is 0. The molecular weight excluding hydrogens is 489 g/mol. The van der Waals surface area contributed by atoms with Gasteiger partial charge in [-0.05, 0) is 62.2 Å². The zero-order chi connectivity index (χ0) is 20.5. The summed E-state index contributed by atoms with van der Waals surface area (Å²) in [5.41, 5.74) is 2.43. The van der Waals surface area contributed by atoms with Crippen LogP contribution in [-0.2, 0) is 6.42 Å². The van der Waals surface area contributed by atoms with Gasteiger partial charge in [0, 0.05) is 44.5 Å². The summed E-state index contributed by atoms with van der Waals surface area (Å²) in [5, 5.41) is 6.94. The van der Waals surface area contributed by atoms with Gasteiger partial charge < -0.3 is 15.4 Å². The van der Waals surface area contributed by atoms with E-state index in [1.54, 1.807) is 7.11 Å². The molecule has 2 N–H and O–H groups in total. The highest BCUT2D eigenvalue weighted by Crippen LogP contribution is 2.35. The summed E-state index contributed by atoms with van der Waals surface area (Å²) in [6.45, 7) is 2.83. The van der Waals surface area contributed by atoms with Crippen LogP contribution in [0.5, 0.6) is 5.75 Å². The number of methoxy groups -OCH3 is 1. The number of hydrogen-bond donors (Lipinski definition) is 2. The molecule has 3 rings (SSSR count). The topological polar surface area (TPSA) is 61.8 Å².